The fraction of sp³-hybridized carbons (Fsp3) is 0.0952. The van der Waals surface area contributed by atoms with E-state index in [1.807, 2.05) is 61.1 Å². The van der Waals surface area contributed by atoms with Gasteiger partial charge in [0.25, 0.3) is 5.91 Å². The molecule has 0 unspecified atom stereocenters. The third-order valence-electron chi connectivity index (χ3n) is 4.59. The minimum atomic E-state index is -0.134. The summed E-state index contributed by atoms with van der Waals surface area (Å²) >= 11 is 0. The average molecular weight is 357 g/mol. The first-order valence-electron chi connectivity index (χ1n) is 8.57. The monoisotopic (exact) mass is 357 g/mol. The van der Waals surface area contributed by atoms with Crippen LogP contribution in [0.5, 0.6) is 0 Å². The molecule has 0 aliphatic rings. The molecule has 0 bridgehead atoms. The normalized spacial score (nSPS) is 10.9. The van der Waals surface area contributed by atoms with E-state index in [9.17, 15) is 4.79 Å². The number of nitrogens with zero attached hydrogens (tertiary/aromatic N) is 3. The van der Waals surface area contributed by atoms with E-state index in [0.717, 1.165) is 33.4 Å². The Morgan fingerprint density at radius 1 is 1.07 bits per heavy atom. The van der Waals surface area contributed by atoms with E-state index in [2.05, 4.69) is 15.3 Å². The van der Waals surface area contributed by atoms with Crippen LogP contribution in [0.1, 0.15) is 15.9 Å². The van der Waals surface area contributed by atoms with E-state index in [1.54, 1.807) is 12.1 Å². The van der Waals surface area contributed by atoms with Gasteiger partial charge in [0.2, 0.25) is 0 Å². The summed E-state index contributed by atoms with van der Waals surface area (Å²) in [5, 5.41) is 3.78. The maximum absolute atomic E-state index is 12.4. The number of hydrogen-bond acceptors (Lipinski definition) is 4. The van der Waals surface area contributed by atoms with E-state index < -0.39 is 0 Å². The minimum Gasteiger partial charge on any atom is -0.383 e. The van der Waals surface area contributed by atoms with Crippen molar-refractivity contribution in [1.29, 1.82) is 0 Å². The molecule has 3 N–H and O–H groups in total. The first-order chi connectivity index (χ1) is 13.0. The van der Waals surface area contributed by atoms with Crippen molar-refractivity contribution in [3.63, 3.8) is 0 Å². The molecule has 2 aromatic carbocycles. The van der Waals surface area contributed by atoms with Gasteiger partial charge in [-0.3, -0.25) is 4.79 Å². The van der Waals surface area contributed by atoms with E-state index in [4.69, 9.17) is 5.73 Å². The third kappa shape index (κ3) is 3.01. The maximum Gasteiger partial charge on any atom is 0.255 e. The fourth-order valence-electron chi connectivity index (χ4n) is 3.28. The molecule has 0 atom stereocenters. The lowest BCUT2D eigenvalue weighted by Crippen LogP contribution is -2.11. The number of carbonyl (C=O) groups excluding carboxylic acids is 1. The zero-order valence-electron chi connectivity index (χ0n) is 15.1. The Morgan fingerprint density at radius 3 is 2.59 bits per heavy atom. The van der Waals surface area contributed by atoms with Gasteiger partial charge in [-0.25, -0.2) is 9.97 Å². The Kier molecular flexibility index (Phi) is 4.08. The number of carbonyl (C=O) groups is 1. The summed E-state index contributed by atoms with van der Waals surface area (Å²) in [4.78, 5) is 20.8. The van der Waals surface area contributed by atoms with Crippen molar-refractivity contribution in [3.05, 3.63) is 72.2 Å². The second kappa shape index (κ2) is 6.57. The van der Waals surface area contributed by atoms with Crippen LogP contribution in [-0.4, -0.2) is 20.4 Å². The van der Waals surface area contributed by atoms with Crippen molar-refractivity contribution in [2.75, 3.05) is 11.1 Å². The standard InChI is InChI=1S/C21H19N5O/c1-13-10-15(25-21(27)14-6-4-3-5-7-14)8-9-16(13)17-11-26(2)20-18(17)19(22)23-12-24-20/h3-12H,1-2H3,(H,25,27)(H2,22,23,24). The highest BCUT2D eigenvalue weighted by atomic mass is 16.1. The molecule has 4 rings (SSSR count). The van der Waals surface area contributed by atoms with Crippen molar-refractivity contribution in [2.45, 2.75) is 6.92 Å². The molecule has 0 radical (unpaired) electrons. The van der Waals surface area contributed by atoms with Gasteiger partial charge >= 0.3 is 0 Å². The molecule has 1 amide bonds. The van der Waals surface area contributed by atoms with Crippen LogP contribution in [0.25, 0.3) is 22.2 Å². The fourth-order valence-corrected chi connectivity index (χ4v) is 3.28. The summed E-state index contributed by atoms with van der Waals surface area (Å²) in [5.41, 5.74) is 11.3. The van der Waals surface area contributed by atoms with Gasteiger partial charge in [0.15, 0.2) is 0 Å². The Labute approximate surface area is 156 Å². The summed E-state index contributed by atoms with van der Waals surface area (Å²) in [5.74, 6) is 0.321. The van der Waals surface area contributed by atoms with Crippen molar-refractivity contribution >= 4 is 28.4 Å². The molecule has 0 fully saturated rings. The lowest BCUT2D eigenvalue weighted by molar-refractivity contribution is 0.102. The van der Waals surface area contributed by atoms with Crippen LogP contribution in [0.3, 0.4) is 0 Å². The summed E-state index contributed by atoms with van der Waals surface area (Å²) in [6.45, 7) is 2.01. The predicted octanol–water partition coefficient (Wildman–Crippen LogP) is 3.78. The number of hydrogen-bond donors (Lipinski definition) is 2. The topological polar surface area (TPSA) is 85.8 Å². The molecule has 2 aromatic heterocycles. The van der Waals surface area contributed by atoms with Crippen LogP contribution >= 0.6 is 0 Å². The van der Waals surface area contributed by atoms with E-state index in [-0.39, 0.29) is 5.91 Å². The quantitative estimate of drug-likeness (QED) is 0.584. The maximum atomic E-state index is 12.4. The molecule has 6 heteroatoms. The molecule has 0 saturated heterocycles. The zero-order valence-corrected chi connectivity index (χ0v) is 15.1. The lowest BCUT2D eigenvalue weighted by atomic mass is 10.00. The van der Waals surface area contributed by atoms with Gasteiger partial charge in [0.05, 0.1) is 5.39 Å². The van der Waals surface area contributed by atoms with Gasteiger partial charge in [0, 0.05) is 30.1 Å². The molecule has 0 saturated carbocycles. The molecule has 134 valence electrons. The number of rotatable bonds is 3. The molecule has 2 heterocycles. The van der Waals surface area contributed by atoms with Crippen LogP contribution in [0.2, 0.25) is 0 Å². The Morgan fingerprint density at radius 2 is 1.85 bits per heavy atom. The second-order valence-corrected chi connectivity index (χ2v) is 6.46. The molecule has 0 spiro atoms. The van der Waals surface area contributed by atoms with Crippen LogP contribution in [0.15, 0.2) is 61.1 Å². The van der Waals surface area contributed by atoms with Gasteiger partial charge in [-0.15, -0.1) is 0 Å². The van der Waals surface area contributed by atoms with Crippen molar-refractivity contribution in [2.24, 2.45) is 7.05 Å². The molecule has 27 heavy (non-hydrogen) atoms. The molecule has 6 nitrogen and oxygen atoms in total. The van der Waals surface area contributed by atoms with E-state index >= 15 is 0 Å². The van der Waals surface area contributed by atoms with E-state index in [0.29, 0.717) is 11.4 Å². The number of nitrogens with two attached hydrogens (primary N) is 1. The average Bonchev–Trinajstić information content (AvgIpc) is 3.00. The largest absolute Gasteiger partial charge is 0.383 e. The SMILES string of the molecule is Cc1cc(NC(=O)c2ccccc2)ccc1-c1cn(C)c2ncnc(N)c12. The number of aromatic nitrogens is 3. The summed E-state index contributed by atoms with van der Waals surface area (Å²) in [7, 11) is 1.93. The number of nitrogen functional groups attached to an aromatic ring is 1. The molecule has 4 aromatic rings. The first kappa shape index (κ1) is 16.8. The zero-order chi connectivity index (χ0) is 19.0. The highest BCUT2D eigenvalue weighted by molar-refractivity contribution is 6.05. The first-order valence-corrected chi connectivity index (χ1v) is 8.57. The lowest BCUT2D eigenvalue weighted by Gasteiger charge is -2.10. The number of nitrogens with one attached hydrogen (secondary N) is 1. The van der Waals surface area contributed by atoms with Gasteiger partial charge in [-0.1, -0.05) is 24.3 Å². The van der Waals surface area contributed by atoms with E-state index in [1.165, 1.54) is 6.33 Å². The van der Waals surface area contributed by atoms with Crippen molar-refractivity contribution < 1.29 is 4.79 Å². The van der Waals surface area contributed by atoms with Gasteiger partial charge < -0.3 is 15.6 Å². The van der Waals surface area contributed by atoms with Crippen molar-refractivity contribution in [1.82, 2.24) is 14.5 Å². The summed E-state index contributed by atoms with van der Waals surface area (Å²) < 4.78 is 1.94. The Hall–Kier alpha value is -3.67. The predicted molar refractivity (Wildman–Crippen MR) is 107 cm³/mol. The second-order valence-electron chi connectivity index (χ2n) is 6.46. The van der Waals surface area contributed by atoms with Gasteiger partial charge in [-0.05, 0) is 42.3 Å². The summed E-state index contributed by atoms with van der Waals surface area (Å²) in [6.07, 6.45) is 3.47. The van der Waals surface area contributed by atoms with Gasteiger partial charge in [-0.2, -0.15) is 0 Å². The highest BCUT2D eigenvalue weighted by Gasteiger charge is 2.15. The number of fused-ring (bicyclic) bond motifs is 1. The molecular weight excluding hydrogens is 338 g/mol. The smallest absolute Gasteiger partial charge is 0.255 e. The number of amides is 1. The van der Waals surface area contributed by atoms with Crippen LogP contribution < -0.4 is 11.1 Å². The molecular formula is C21H19N5O. The Bertz CT molecular complexity index is 1150. The number of aryl methyl sites for hydroxylation is 2. The third-order valence-corrected chi connectivity index (χ3v) is 4.59. The molecule has 0 aliphatic carbocycles. The van der Waals surface area contributed by atoms with Crippen molar-refractivity contribution in [3.8, 4) is 11.1 Å². The summed E-state index contributed by atoms with van der Waals surface area (Å²) in [6, 6.07) is 15.0. The number of anilines is 2. The van der Waals surface area contributed by atoms with Crippen LogP contribution in [0.4, 0.5) is 11.5 Å². The highest BCUT2D eigenvalue weighted by Crippen LogP contribution is 2.34. The minimum absolute atomic E-state index is 0.134. The van der Waals surface area contributed by atoms with Crippen LogP contribution in [0, 0.1) is 6.92 Å². The number of benzene rings is 2. The van der Waals surface area contributed by atoms with Crippen LogP contribution in [-0.2, 0) is 7.05 Å². The Balaban J connectivity index is 1.70. The molecule has 0 aliphatic heterocycles. The van der Waals surface area contributed by atoms with Gasteiger partial charge in [0.1, 0.15) is 17.8 Å².